The van der Waals surface area contributed by atoms with Gasteiger partial charge in [-0.2, -0.15) is 0 Å². The third kappa shape index (κ3) is 3.70. The molecule has 2 aromatic heterocycles. The lowest BCUT2D eigenvalue weighted by atomic mass is 10.3. The molecule has 26 heavy (non-hydrogen) atoms. The second-order valence-electron chi connectivity index (χ2n) is 5.36. The average Bonchev–Trinajstić information content (AvgIpc) is 2.67. The molecular weight excluding hydrogens is 352 g/mol. The van der Waals surface area contributed by atoms with Gasteiger partial charge in [-0.05, 0) is 31.2 Å². The molecule has 0 saturated heterocycles. The van der Waals surface area contributed by atoms with Crippen LogP contribution in [0.5, 0.6) is 5.75 Å². The summed E-state index contributed by atoms with van der Waals surface area (Å²) >= 11 is 1.20. The van der Waals surface area contributed by atoms with Gasteiger partial charge < -0.3 is 10.1 Å². The molecule has 0 aliphatic heterocycles. The maximum atomic E-state index is 12.6. The number of ether oxygens (including phenoxy) is 1. The number of benzene rings is 1. The lowest BCUT2D eigenvalue weighted by molar-refractivity contribution is -0.113. The van der Waals surface area contributed by atoms with E-state index in [9.17, 15) is 9.59 Å². The predicted octanol–water partition coefficient (Wildman–Crippen LogP) is 2.55. The van der Waals surface area contributed by atoms with Crippen LogP contribution in [0.3, 0.4) is 0 Å². The number of methoxy groups -OCH3 is 1. The van der Waals surface area contributed by atoms with E-state index in [0.29, 0.717) is 34.2 Å². The van der Waals surface area contributed by atoms with Crippen LogP contribution >= 0.6 is 11.8 Å². The van der Waals surface area contributed by atoms with Gasteiger partial charge in [0.05, 0.1) is 23.9 Å². The number of thioether (sulfide) groups is 1. The minimum Gasteiger partial charge on any atom is -0.495 e. The molecule has 0 radical (unpaired) electrons. The number of carbonyl (C=O) groups is 1. The monoisotopic (exact) mass is 370 g/mol. The molecule has 1 amide bonds. The molecule has 0 aliphatic rings. The quantitative estimate of drug-likeness (QED) is 0.530. The summed E-state index contributed by atoms with van der Waals surface area (Å²) in [7, 11) is 1.55. The van der Waals surface area contributed by atoms with E-state index in [1.807, 2.05) is 19.1 Å². The lowest BCUT2D eigenvalue weighted by Crippen LogP contribution is -2.23. The fourth-order valence-electron chi connectivity index (χ4n) is 2.49. The molecule has 134 valence electrons. The van der Waals surface area contributed by atoms with Crippen molar-refractivity contribution in [3.05, 3.63) is 52.9 Å². The molecule has 0 bridgehead atoms. The number of nitrogens with zero attached hydrogens (tertiary/aromatic N) is 3. The zero-order valence-corrected chi connectivity index (χ0v) is 15.2. The zero-order chi connectivity index (χ0) is 18.5. The third-order valence-electron chi connectivity index (χ3n) is 3.72. The summed E-state index contributed by atoms with van der Waals surface area (Å²) in [5, 5.41) is 3.75. The van der Waals surface area contributed by atoms with Gasteiger partial charge in [-0.25, -0.2) is 9.97 Å². The third-order valence-corrected chi connectivity index (χ3v) is 4.70. The molecular formula is C18H18N4O3S. The first kappa shape index (κ1) is 17.9. The predicted molar refractivity (Wildman–Crippen MR) is 102 cm³/mol. The van der Waals surface area contributed by atoms with Crippen LogP contribution in [0.25, 0.3) is 11.0 Å². The molecule has 0 unspecified atom stereocenters. The number of carbonyl (C=O) groups excluding carboxylic acids is 1. The highest BCUT2D eigenvalue weighted by Gasteiger charge is 2.13. The minimum atomic E-state index is -0.211. The Hall–Kier alpha value is -2.87. The summed E-state index contributed by atoms with van der Waals surface area (Å²) in [6.45, 7) is 2.33. The Labute approximate surface area is 154 Å². The molecule has 0 atom stereocenters. The van der Waals surface area contributed by atoms with Crippen molar-refractivity contribution in [2.45, 2.75) is 18.6 Å². The molecule has 7 nitrogen and oxygen atoms in total. The van der Waals surface area contributed by atoms with Gasteiger partial charge in [-0.3, -0.25) is 14.2 Å². The van der Waals surface area contributed by atoms with Crippen LogP contribution < -0.4 is 15.6 Å². The summed E-state index contributed by atoms with van der Waals surface area (Å²) in [4.78, 5) is 33.4. The van der Waals surface area contributed by atoms with E-state index in [1.54, 1.807) is 42.1 Å². The molecule has 0 aliphatic carbocycles. The van der Waals surface area contributed by atoms with Crippen LogP contribution in [-0.2, 0) is 11.3 Å². The van der Waals surface area contributed by atoms with Crippen LogP contribution in [-0.4, -0.2) is 33.3 Å². The average molecular weight is 370 g/mol. The number of aromatic nitrogens is 3. The van der Waals surface area contributed by atoms with E-state index in [1.165, 1.54) is 11.8 Å². The minimum absolute atomic E-state index is 0.114. The number of hydrogen-bond donors (Lipinski definition) is 1. The smallest absolute Gasteiger partial charge is 0.263 e. The molecule has 1 aromatic carbocycles. The largest absolute Gasteiger partial charge is 0.495 e. The van der Waals surface area contributed by atoms with Crippen molar-refractivity contribution in [2.24, 2.45) is 0 Å². The molecule has 3 aromatic rings. The molecule has 1 N–H and O–H groups in total. The van der Waals surface area contributed by atoms with Crippen molar-refractivity contribution in [1.82, 2.24) is 14.5 Å². The van der Waals surface area contributed by atoms with Crippen molar-refractivity contribution >= 4 is 34.4 Å². The van der Waals surface area contributed by atoms with Crippen molar-refractivity contribution in [3.8, 4) is 5.75 Å². The number of rotatable bonds is 6. The van der Waals surface area contributed by atoms with E-state index in [0.717, 1.165) is 0 Å². The van der Waals surface area contributed by atoms with Crippen LogP contribution in [0.2, 0.25) is 0 Å². The standard InChI is InChI=1S/C18H18N4O3S/c1-3-22-17(24)12-7-6-10-19-16(12)21-18(22)26-11-15(23)20-13-8-4-5-9-14(13)25-2/h4-10H,3,11H2,1-2H3,(H,20,23). The second-order valence-corrected chi connectivity index (χ2v) is 6.30. The Morgan fingerprint density at radius 1 is 1.27 bits per heavy atom. The Bertz CT molecular complexity index is 1000. The Kier molecular flexibility index (Phi) is 5.52. The molecule has 8 heteroatoms. The Morgan fingerprint density at radius 2 is 2.08 bits per heavy atom. The first-order valence-corrected chi connectivity index (χ1v) is 9.03. The first-order chi connectivity index (χ1) is 12.6. The highest BCUT2D eigenvalue weighted by atomic mass is 32.2. The summed E-state index contributed by atoms with van der Waals surface area (Å²) in [5.41, 5.74) is 0.828. The molecule has 3 rings (SSSR count). The van der Waals surface area contributed by atoms with Gasteiger partial charge in [0.1, 0.15) is 5.75 Å². The molecule has 0 saturated carbocycles. The normalized spacial score (nSPS) is 10.7. The fraction of sp³-hybridized carbons (Fsp3) is 0.222. The number of pyridine rings is 1. The fourth-order valence-corrected chi connectivity index (χ4v) is 3.34. The van der Waals surface area contributed by atoms with Crippen molar-refractivity contribution in [3.63, 3.8) is 0 Å². The van der Waals surface area contributed by atoms with Gasteiger partial charge in [0.15, 0.2) is 10.8 Å². The topological polar surface area (TPSA) is 86.1 Å². The summed E-state index contributed by atoms with van der Waals surface area (Å²) in [5.74, 6) is 0.491. The molecule has 0 fully saturated rings. The SMILES string of the molecule is CCn1c(SCC(=O)Nc2ccccc2OC)nc2ncccc2c1=O. The summed E-state index contributed by atoms with van der Waals surface area (Å²) in [6.07, 6.45) is 1.59. The van der Waals surface area contributed by atoms with E-state index in [4.69, 9.17) is 4.74 Å². The van der Waals surface area contributed by atoms with Gasteiger partial charge >= 0.3 is 0 Å². The molecule has 0 spiro atoms. The molecule has 2 heterocycles. The van der Waals surface area contributed by atoms with Gasteiger partial charge in [0.2, 0.25) is 5.91 Å². The second kappa shape index (κ2) is 8.01. The Balaban J connectivity index is 1.79. The summed E-state index contributed by atoms with van der Waals surface area (Å²) in [6, 6.07) is 10.6. The Morgan fingerprint density at radius 3 is 2.85 bits per heavy atom. The maximum absolute atomic E-state index is 12.6. The lowest BCUT2D eigenvalue weighted by Gasteiger charge is -2.12. The first-order valence-electron chi connectivity index (χ1n) is 8.05. The van der Waals surface area contributed by atoms with Crippen LogP contribution in [0.15, 0.2) is 52.5 Å². The van der Waals surface area contributed by atoms with E-state index < -0.39 is 0 Å². The maximum Gasteiger partial charge on any atom is 0.263 e. The van der Waals surface area contributed by atoms with Gasteiger partial charge in [0.25, 0.3) is 5.56 Å². The number of fused-ring (bicyclic) bond motifs is 1. The van der Waals surface area contributed by atoms with Gasteiger partial charge in [-0.1, -0.05) is 23.9 Å². The van der Waals surface area contributed by atoms with E-state index >= 15 is 0 Å². The highest BCUT2D eigenvalue weighted by Crippen LogP contribution is 2.24. The van der Waals surface area contributed by atoms with Crippen molar-refractivity contribution < 1.29 is 9.53 Å². The van der Waals surface area contributed by atoms with E-state index in [-0.39, 0.29) is 17.2 Å². The van der Waals surface area contributed by atoms with Crippen molar-refractivity contribution in [1.29, 1.82) is 0 Å². The summed E-state index contributed by atoms with van der Waals surface area (Å²) < 4.78 is 6.77. The number of amides is 1. The van der Waals surface area contributed by atoms with Crippen LogP contribution in [0.4, 0.5) is 5.69 Å². The highest BCUT2D eigenvalue weighted by molar-refractivity contribution is 7.99. The van der Waals surface area contributed by atoms with Crippen LogP contribution in [0, 0.1) is 0 Å². The van der Waals surface area contributed by atoms with Crippen LogP contribution in [0.1, 0.15) is 6.92 Å². The van der Waals surface area contributed by atoms with Gasteiger partial charge in [-0.15, -0.1) is 0 Å². The van der Waals surface area contributed by atoms with E-state index in [2.05, 4.69) is 15.3 Å². The van der Waals surface area contributed by atoms with Crippen molar-refractivity contribution in [2.75, 3.05) is 18.2 Å². The number of hydrogen-bond acceptors (Lipinski definition) is 6. The van der Waals surface area contributed by atoms with Gasteiger partial charge in [0, 0.05) is 12.7 Å². The zero-order valence-electron chi connectivity index (χ0n) is 14.4. The number of anilines is 1. The number of nitrogens with one attached hydrogen (secondary N) is 1. The number of para-hydroxylation sites is 2.